The van der Waals surface area contributed by atoms with Gasteiger partial charge < -0.3 is 4.74 Å². The van der Waals surface area contributed by atoms with Gasteiger partial charge in [-0.1, -0.05) is 17.7 Å². The summed E-state index contributed by atoms with van der Waals surface area (Å²) in [5, 5.41) is 0.558. The second-order valence-corrected chi connectivity index (χ2v) is 5.73. The van der Waals surface area contributed by atoms with Gasteiger partial charge in [0.2, 0.25) is 5.91 Å². The van der Waals surface area contributed by atoms with E-state index in [1.165, 1.54) is 4.90 Å². The van der Waals surface area contributed by atoms with Crippen molar-refractivity contribution in [1.82, 2.24) is 4.90 Å². The van der Waals surface area contributed by atoms with Gasteiger partial charge >= 0.3 is 0 Å². The number of hydrogen-bond acceptors (Lipinski definition) is 4. The molecule has 0 bridgehead atoms. The summed E-state index contributed by atoms with van der Waals surface area (Å²) in [6.45, 7) is 4.40. The first kappa shape index (κ1) is 14.5. The van der Waals surface area contributed by atoms with Crippen molar-refractivity contribution in [2.45, 2.75) is 19.4 Å². The van der Waals surface area contributed by atoms with Gasteiger partial charge in [0.1, 0.15) is 0 Å². The lowest BCUT2D eigenvalue weighted by Gasteiger charge is -2.30. The van der Waals surface area contributed by atoms with Gasteiger partial charge in [0.05, 0.1) is 31.4 Å². The Hall–Kier alpha value is -1.43. The molecule has 6 heteroatoms. The quantitative estimate of drug-likeness (QED) is 0.779. The topological polar surface area (TPSA) is 49.9 Å². The number of amides is 2. The Kier molecular flexibility index (Phi) is 3.97. The van der Waals surface area contributed by atoms with Crippen LogP contribution in [0.1, 0.15) is 12.0 Å². The number of morpholine rings is 1. The number of hydrogen-bond donors (Lipinski definition) is 0. The Balaban J connectivity index is 1.88. The third kappa shape index (κ3) is 2.57. The van der Waals surface area contributed by atoms with Crippen LogP contribution in [0.5, 0.6) is 0 Å². The van der Waals surface area contributed by atoms with Crippen molar-refractivity contribution in [3.63, 3.8) is 0 Å². The minimum absolute atomic E-state index is 0.160. The van der Waals surface area contributed by atoms with Gasteiger partial charge in [0, 0.05) is 18.1 Å². The van der Waals surface area contributed by atoms with E-state index in [2.05, 4.69) is 0 Å². The van der Waals surface area contributed by atoms with Gasteiger partial charge in [-0.3, -0.25) is 14.5 Å². The van der Waals surface area contributed by atoms with E-state index in [-0.39, 0.29) is 24.3 Å². The number of carbonyl (C=O) groups excluding carboxylic acids is 2. The molecule has 2 aliphatic rings. The van der Waals surface area contributed by atoms with E-state index in [1.54, 1.807) is 18.2 Å². The normalized spacial score (nSPS) is 23.9. The maximum atomic E-state index is 12.7. The standard InChI is InChI=1S/C15H17ClN2O3/c1-10-11(16)3-2-4-12(10)18-14(19)9-13(15(18)20)17-5-7-21-8-6-17/h2-4,13H,5-9H2,1H3/t13-/m0/s1. The van der Waals surface area contributed by atoms with Crippen LogP contribution in [0.4, 0.5) is 5.69 Å². The van der Waals surface area contributed by atoms with Gasteiger partial charge in [0.25, 0.3) is 5.91 Å². The summed E-state index contributed by atoms with van der Waals surface area (Å²) in [5.41, 5.74) is 1.34. The van der Waals surface area contributed by atoms with Crippen LogP contribution in [0, 0.1) is 6.92 Å². The fourth-order valence-corrected chi connectivity index (χ4v) is 3.05. The molecule has 2 aliphatic heterocycles. The predicted molar refractivity (Wildman–Crippen MR) is 79.5 cm³/mol. The van der Waals surface area contributed by atoms with Crippen LogP contribution in [0.25, 0.3) is 0 Å². The summed E-state index contributed by atoms with van der Waals surface area (Å²) in [6, 6.07) is 4.90. The molecular formula is C15H17ClN2O3. The number of rotatable bonds is 2. The van der Waals surface area contributed by atoms with Crippen LogP contribution in [0.3, 0.4) is 0 Å². The molecule has 3 rings (SSSR count). The molecule has 0 spiro atoms. The highest BCUT2D eigenvalue weighted by Gasteiger charge is 2.43. The summed E-state index contributed by atoms with van der Waals surface area (Å²) in [6.07, 6.45) is 0.227. The second-order valence-electron chi connectivity index (χ2n) is 5.32. The van der Waals surface area contributed by atoms with E-state index in [4.69, 9.17) is 16.3 Å². The predicted octanol–water partition coefficient (Wildman–Crippen LogP) is 1.61. The third-order valence-electron chi connectivity index (χ3n) is 4.09. The van der Waals surface area contributed by atoms with Crippen molar-refractivity contribution >= 4 is 29.1 Å². The Labute approximate surface area is 128 Å². The monoisotopic (exact) mass is 308 g/mol. The number of nitrogens with zero attached hydrogens (tertiary/aromatic N) is 2. The highest BCUT2D eigenvalue weighted by Crippen LogP contribution is 2.31. The van der Waals surface area contributed by atoms with Gasteiger partial charge in [-0.15, -0.1) is 0 Å². The summed E-state index contributed by atoms with van der Waals surface area (Å²) in [5.74, 6) is -0.325. The van der Waals surface area contributed by atoms with Gasteiger partial charge in [-0.2, -0.15) is 0 Å². The van der Waals surface area contributed by atoms with E-state index in [1.807, 2.05) is 11.8 Å². The molecule has 1 aromatic rings. The van der Waals surface area contributed by atoms with E-state index < -0.39 is 0 Å². The summed E-state index contributed by atoms with van der Waals surface area (Å²) in [7, 11) is 0. The average Bonchev–Trinajstić information content (AvgIpc) is 2.78. The third-order valence-corrected chi connectivity index (χ3v) is 4.50. The Morgan fingerprint density at radius 3 is 2.67 bits per heavy atom. The minimum atomic E-state index is -0.375. The van der Waals surface area contributed by atoms with Crippen molar-refractivity contribution < 1.29 is 14.3 Å². The molecule has 0 radical (unpaired) electrons. The molecule has 2 heterocycles. The highest BCUT2D eigenvalue weighted by molar-refractivity contribution is 6.32. The van der Waals surface area contributed by atoms with Crippen molar-refractivity contribution in [1.29, 1.82) is 0 Å². The van der Waals surface area contributed by atoms with Crippen molar-refractivity contribution in [2.24, 2.45) is 0 Å². The summed E-state index contributed by atoms with van der Waals surface area (Å²) < 4.78 is 5.30. The fraction of sp³-hybridized carbons (Fsp3) is 0.467. The number of halogens is 1. The van der Waals surface area contributed by atoms with Gasteiger partial charge in [-0.25, -0.2) is 4.90 Å². The molecule has 5 nitrogen and oxygen atoms in total. The largest absolute Gasteiger partial charge is 0.379 e. The maximum absolute atomic E-state index is 12.7. The van der Waals surface area contributed by atoms with Crippen LogP contribution in [-0.2, 0) is 14.3 Å². The molecule has 112 valence electrons. The lowest BCUT2D eigenvalue weighted by Crippen LogP contribution is -2.47. The van der Waals surface area contributed by atoms with Gasteiger partial charge in [-0.05, 0) is 24.6 Å². The molecule has 21 heavy (non-hydrogen) atoms. The van der Waals surface area contributed by atoms with E-state index in [9.17, 15) is 9.59 Å². The average molecular weight is 309 g/mol. The maximum Gasteiger partial charge on any atom is 0.251 e. The van der Waals surface area contributed by atoms with Gasteiger partial charge in [0.15, 0.2) is 0 Å². The van der Waals surface area contributed by atoms with Crippen LogP contribution in [0.2, 0.25) is 5.02 Å². The molecule has 0 aliphatic carbocycles. The van der Waals surface area contributed by atoms with Crippen molar-refractivity contribution in [3.05, 3.63) is 28.8 Å². The lowest BCUT2D eigenvalue weighted by atomic mass is 10.2. The first-order chi connectivity index (χ1) is 10.1. The number of ether oxygens (including phenoxy) is 1. The zero-order chi connectivity index (χ0) is 15.0. The number of imide groups is 1. The molecular weight excluding hydrogens is 292 g/mol. The number of benzene rings is 1. The Morgan fingerprint density at radius 2 is 1.95 bits per heavy atom. The Morgan fingerprint density at radius 1 is 1.24 bits per heavy atom. The molecule has 1 atom stereocenters. The molecule has 2 fully saturated rings. The molecule has 0 unspecified atom stereocenters. The van der Waals surface area contributed by atoms with Crippen LogP contribution in [0.15, 0.2) is 18.2 Å². The zero-order valence-corrected chi connectivity index (χ0v) is 12.6. The molecule has 1 aromatic carbocycles. The van der Waals surface area contributed by atoms with Crippen molar-refractivity contribution in [3.8, 4) is 0 Å². The molecule has 2 amide bonds. The Bertz CT molecular complexity index is 584. The summed E-state index contributed by atoms with van der Waals surface area (Å²) in [4.78, 5) is 28.3. The number of anilines is 1. The minimum Gasteiger partial charge on any atom is -0.379 e. The first-order valence-electron chi connectivity index (χ1n) is 7.03. The lowest BCUT2D eigenvalue weighted by molar-refractivity contribution is -0.123. The van der Waals surface area contributed by atoms with Crippen molar-refractivity contribution in [2.75, 3.05) is 31.2 Å². The fourth-order valence-electron chi connectivity index (χ4n) is 2.88. The second kappa shape index (κ2) is 5.75. The summed E-state index contributed by atoms with van der Waals surface area (Å²) >= 11 is 6.10. The van der Waals surface area contributed by atoms with E-state index >= 15 is 0 Å². The van der Waals surface area contributed by atoms with E-state index in [0.29, 0.717) is 37.0 Å². The van der Waals surface area contributed by atoms with E-state index in [0.717, 1.165) is 5.56 Å². The number of carbonyl (C=O) groups is 2. The SMILES string of the molecule is Cc1c(Cl)cccc1N1C(=O)C[C@H](N2CCOCC2)C1=O. The zero-order valence-electron chi connectivity index (χ0n) is 11.8. The van der Waals surface area contributed by atoms with Crippen LogP contribution < -0.4 is 4.90 Å². The molecule has 2 saturated heterocycles. The first-order valence-corrected chi connectivity index (χ1v) is 7.41. The van der Waals surface area contributed by atoms with Crippen LogP contribution in [-0.4, -0.2) is 49.1 Å². The highest BCUT2D eigenvalue weighted by atomic mass is 35.5. The van der Waals surface area contributed by atoms with Crippen LogP contribution >= 0.6 is 11.6 Å². The molecule has 0 aromatic heterocycles. The molecule has 0 saturated carbocycles. The molecule has 0 N–H and O–H groups in total. The smallest absolute Gasteiger partial charge is 0.251 e.